The number of methoxy groups -OCH3 is 2. The van der Waals surface area contributed by atoms with Gasteiger partial charge in [0.05, 0.1) is 19.1 Å². The fourth-order valence-corrected chi connectivity index (χ4v) is 4.14. The Labute approximate surface area is 195 Å². The molecule has 0 saturated carbocycles. The van der Waals surface area contributed by atoms with Crippen molar-refractivity contribution < 1.29 is 37.0 Å². The molecule has 0 aliphatic heterocycles. The summed E-state index contributed by atoms with van der Waals surface area (Å²) in [6.07, 6.45) is 0. The van der Waals surface area contributed by atoms with Crippen molar-refractivity contribution in [2.45, 2.75) is 11.4 Å². The average Bonchev–Trinajstić information content (AvgIpc) is 2.82. The van der Waals surface area contributed by atoms with Crippen molar-refractivity contribution in [1.29, 1.82) is 0 Å². The van der Waals surface area contributed by atoms with Gasteiger partial charge in [0.25, 0.3) is 5.91 Å². The van der Waals surface area contributed by atoms with Crippen molar-refractivity contribution in [3.8, 4) is 11.5 Å². The Bertz CT molecular complexity index is 1330. The van der Waals surface area contributed by atoms with E-state index in [1.54, 1.807) is 24.3 Å². The molecule has 34 heavy (non-hydrogen) atoms. The molecule has 0 radical (unpaired) electrons. The van der Waals surface area contributed by atoms with E-state index in [1.807, 2.05) is 0 Å². The van der Waals surface area contributed by atoms with Gasteiger partial charge in [-0.1, -0.05) is 12.1 Å². The van der Waals surface area contributed by atoms with Crippen molar-refractivity contribution in [3.05, 3.63) is 83.2 Å². The van der Waals surface area contributed by atoms with Gasteiger partial charge in [-0.25, -0.2) is 22.3 Å². The van der Waals surface area contributed by atoms with Crippen molar-refractivity contribution in [2.24, 2.45) is 0 Å². The van der Waals surface area contributed by atoms with Crippen LogP contribution in [0.1, 0.15) is 26.3 Å². The minimum atomic E-state index is -4.13. The molecule has 0 heterocycles. The number of anilines is 1. The Balaban J connectivity index is 1.77. The first-order valence-corrected chi connectivity index (χ1v) is 11.3. The van der Waals surface area contributed by atoms with Gasteiger partial charge in [-0.05, 0) is 48.0 Å². The molecule has 0 atom stereocenters. The lowest BCUT2D eigenvalue weighted by Gasteiger charge is -2.14. The SMILES string of the molecule is COc1cc(S(=O)(=O)NCc2cccc(NC(=O)c3ccc(F)cc3)c2)cc(C(=O)O)c1OC. The summed E-state index contributed by atoms with van der Waals surface area (Å²) in [5.41, 5.74) is 0.827. The highest BCUT2D eigenvalue weighted by Crippen LogP contribution is 2.34. The third-order valence-electron chi connectivity index (χ3n) is 4.75. The summed E-state index contributed by atoms with van der Waals surface area (Å²) in [6, 6.07) is 13.6. The molecule has 0 aliphatic rings. The quantitative estimate of drug-likeness (QED) is 0.421. The van der Waals surface area contributed by atoms with Crippen LogP contribution < -0.4 is 19.5 Å². The van der Waals surface area contributed by atoms with Gasteiger partial charge in [0.2, 0.25) is 10.0 Å². The molecule has 3 rings (SSSR count). The molecule has 3 aromatic rings. The fraction of sp³-hybridized carbons (Fsp3) is 0.130. The molecule has 1 amide bonds. The van der Waals surface area contributed by atoms with Gasteiger partial charge in [0.15, 0.2) is 11.5 Å². The summed E-state index contributed by atoms with van der Waals surface area (Å²) in [4.78, 5) is 23.6. The van der Waals surface area contributed by atoms with Crippen LogP contribution in [0.2, 0.25) is 0 Å². The monoisotopic (exact) mass is 488 g/mol. The number of rotatable bonds is 9. The zero-order chi connectivity index (χ0) is 24.9. The second kappa shape index (κ2) is 10.3. The van der Waals surface area contributed by atoms with Crippen molar-refractivity contribution >= 4 is 27.6 Å². The minimum Gasteiger partial charge on any atom is -0.493 e. The van der Waals surface area contributed by atoms with E-state index in [0.29, 0.717) is 11.3 Å². The van der Waals surface area contributed by atoms with Gasteiger partial charge < -0.3 is 19.9 Å². The number of hydrogen-bond acceptors (Lipinski definition) is 6. The molecule has 0 saturated heterocycles. The number of carbonyl (C=O) groups is 2. The normalized spacial score (nSPS) is 11.0. The summed E-state index contributed by atoms with van der Waals surface area (Å²) in [7, 11) is -1.62. The van der Waals surface area contributed by atoms with E-state index in [-0.39, 0.29) is 34.1 Å². The second-order valence-corrected chi connectivity index (χ2v) is 8.76. The highest BCUT2D eigenvalue weighted by atomic mass is 32.2. The first kappa shape index (κ1) is 24.7. The topological polar surface area (TPSA) is 131 Å². The third-order valence-corrected chi connectivity index (χ3v) is 6.13. The Morgan fingerprint density at radius 2 is 1.71 bits per heavy atom. The maximum atomic E-state index is 13.0. The smallest absolute Gasteiger partial charge is 0.339 e. The Kier molecular flexibility index (Phi) is 7.49. The van der Waals surface area contributed by atoms with Crippen LogP contribution >= 0.6 is 0 Å². The van der Waals surface area contributed by atoms with E-state index in [2.05, 4.69) is 10.0 Å². The standard InChI is InChI=1S/C23H21FN2O7S/c1-32-20-12-18(11-19(23(28)29)21(20)33-2)34(30,31)25-13-14-4-3-5-17(10-14)26-22(27)15-6-8-16(24)9-7-15/h3-12,25H,13H2,1-2H3,(H,26,27)(H,28,29). The number of ether oxygens (including phenoxy) is 2. The van der Waals surface area contributed by atoms with Crippen LogP contribution in [0, 0.1) is 5.82 Å². The van der Waals surface area contributed by atoms with Crippen LogP contribution in [0.3, 0.4) is 0 Å². The Morgan fingerprint density at radius 1 is 1.00 bits per heavy atom. The van der Waals surface area contributed by atoms with Crippen molar-refractivity contribution in [1.82, 2.24) is 4.72 Å². The van der Waals surface area contributed by atoms with Crippen LogP contribution in [0.4, 0.5) is 10.1 Å². The molecule has 11 heteroatoms. The maximum Gasteiger partial charge on any atom is 0.339 e. The molecule has 0 unspecified atom stereocenters. The Hall–Kier alpha value is -3.96. The number of amides is 1. The number of hydrogen-bond donors (Lipinski definition) is 3. The number of carboxylic acids is 1. The molecule has 0 bridgehead atoms. The van der Waals surface area contributed by atoms with Gasteiger partial charge in [-0.2, -0.15) is 0 Å². The van der Waals surface area contributed by atoms with E-state index in [4.69, 9.17) is 9.47 Å². The van der Waals surface area contributed by atoms with Crippen LogP contribution in [0.25, 0.3) is 0 Å². The number of aromatic carboxylic acids is 1. The lowest BCUT2D eigenvalue weighted by Crippen LogP contribution is -2.24. The number of nitrogens with one attached hydrogen (secondary N) is 2. The van der Waals surface area contributed by atoms with E-state index in [0.717, 1.165) is 12.1 Å². The summed E-state index contributed by atoms with van der Waals surface area (Å²) in [5, 5.41) is 12.1. The van der Waals surface area contributed by atoms with Crippen molar-refractivity contribution in [3.63, 3.8) is 0 Å². The molecule has 0 spiro atoms. The van der Waals surface area contributed by atoms with E-state index in [1.165, 1.54) is 38.5 Å². The van der Waals surface area contributed by atoms with E-state index in [9.17, 15) is 27.5 Å². The molecule has 3 N–H and O–H groups in total. The van der Waals surface area contributed by atoms with Gasteiger partial charge in [0, 0.05) is 23.9 Å². The first-order valence-electron chi connectivity index (χ1n) is 9.79. The number of carboxylic acid groups (broad SMARTS) is 1. The minimum absolute atomic E-state index is 0.0479. The van der Waals surface area contributed by atoms with Crippen LogP contribution in [-0.2, 0) is 16.6 Å². The summed E-state index contributed by atoms with van der Waals surface area (Å²) in [6.45, 7) is -0.140. The maximum absolute atomic E-state index is 13.0. The predicted octanol–water partition coefficient (Wildman–Crippen LogP) is 3.27. The van der Waals surface area contributed by atoms with Gasteiger partial charge in [-0.15, -0.1) is 0 Å². The zero-order valence-electron chi connectivity index (χ0n) is 18.2. The van der Waals surface area contributed by atoms with Crippen LogP contribution in [0.5, 0.6) is 11.5 Å². The van der Waals surface area contributed by atoms with Gasteiger partial charge >= 0.3 is 5.97 Å². The molecular formula is C23H21FN2O7S. The van der Waals surface area contributed by atoms with Crippen LogP contribution in [-0.4, -0.2) is 39.6 Å². The number of sulfonamides is 1. The average molecular weight is 488 g/mol. The Morgan fingerprint density at radius 3 is 2.32 bits per heavy atom. The summed E-state index contributed by atoms with van der Waals surface area (Å²) < 4.78 is 51.2. The second-order valence-electron chi connectivity index (χ2n) is 7.00. The molecule has 3 aromatic carbocycles. The van der Waals surface area contributed by atoms with E-state index >= 15 is 0 Å². The highest BCUT2D eigenvalue weighted by molar-refractivity contribution is 7.89. The van der Waals surface area contributed by atoms with Crippen molar-refractivity contribution in [2.75, 3.05) is 19.5 Å². The molecule has 178 valence electrons. The van der Waals surface area contributed by atoms with Gasteiger partial charge in [-0.3, -0.25) is 4.79 Å². The van der Waals surface area contributed by atoms with Gasteiger partial charge in [0.1, 0.15) is 11.4 Å². The molecule has 9 nitrogen and oxygen atoms in total. The largest absolute Gasteiger partial charge is 0.493 e. The summed E-state index contributed by atoms with van der Waals surface area (Å²) >= 11 is 0. The van der Waals surface area contributed by atoms with Crippen LogP contribution in [0.15, 0.2) is 65.6 Å². The van der Waals surface area contributed by atoms with E-state index < -0.39 is 27.7 Å². The zero-order valence-corrected chi connectivity index (χ0v) is 19.0. The fourth-order valence-electron chi connectivity index (χ4n) is 3.08. The lowest BCUT2D eigenvalue weighted by molar-refractivity contribution is 0.0692. The highest BCUT2D eigenvalue weighted by Gasteiger charge is 2.23. The third kappa shape index (κ3) is 5.69. The first-order chi connectivity index (χ1) is 16.1. The molecule has 0 aliphatic carbocycles. The molecule has 0 fully saturated rings. The summed E-state index contributed by atoms with van der Waals surface area (Å²) in [5.74, 6) is -2.44. The predicted molar refractivity (Wildman–Crippen MR) is 121 cm³/mol. The molecule has 0 aromatic heterocycles. The number of benzene rings is 3. The number of carbonyl (C=O) groups excluding carboxylic acids is 1. The number of halogens is 1. The lowest BCUT2D eigenvalue weighted by atomic mass is 10.1. The molecular weight excluding hydrogens is 467 g/mol.